The van der Waals surface area contributed by atoms with Crippen molar-refractivity contribution in [2.45, 2.75) is 26.4 Å². The first-order valence-corrected chi connectivity index (χ1v) is 10.8. The number of carbonyl (C=O) groups is 1. The number of pyridine rings is 1. The molecule has 0 saturated carbocycles. The molecule has 0 fully saturated rings. The predicted octanol–water partition coefficient (Wildman–Crippen LogP) is 3.63. The van der Waals surface area contributed by atoms with Crippen LogP contribution in [0, 0.1) is 0 Å². The highest BCUT2D eigenvalue weighted by Gasteiger charge is 2.27. The van der Waals surface area contributed by atoms with Crippen LogP contribution in [-0.4, -0.2) is 57.7 Å². The number of benzene rings is 1. The van der Waals surface area contributed by atoms with E-state index in [-0.39, 0.29) is 5.91 Å². The molecule has 3 heterocycles. The molecule has 0 saturated heterocycles. The Kier molecular flexibility index (Phi) is 6.28. The first-order chi connectivity index (χ1) is 15.1. The minimum Gasteiger partial charge on any atom is -0.331 e. The fourth-order valence-corrected chi connectivity index (χ4v) is 3.90. The second kappa shape index (κ2) is 9.27. The van der Waals surface area contributed by atoms with Gasteiger partial charge in [-0.15, -0.1) is 0 Å². The number of aromatic nitrogens is 3. The minimum atomic E-state index is 0.0452. The molecule has 1 aliphatic heterocycles. The zero-order chi connectivity index (χ0) is 21.8. The van der Waals surface area contributed by atoms with Crippen molar-refractivity contribution >= 4 is 5.91 Å². The molecule has 6 nitrogen and oxygen atoms in total. The lowest BCUT2D eigenvalue weighted by atomic mass is 9.98. The molecule has 31 heavy (non-hydrogen) atoms. The zero-order valence-corrected chi connectivity index (χ0v) is 18.5. The molecule has 0 bridgehead atoms. The molecule has 0 atom stereocenters. The second-order valence-corrected chi connectivity index (χ2v) is 8.10. The minimum absolute atomic E-state index is 0.0452. The molecule has 1 amide bonds. The Bertz CT molecular complexity index is 1070. The van der Waals surface area contributed by atoms with Gasteiger partial charge in [-0.3, -0.25) is 14.5 Å². The zero-order valence-electron chi connectivity index (χ0n) is 18.5. The SMILES string of the molecule is CCc1ccc(-c2nn3c(c2-c2ccncc2)CN(C(=O)/C=C/CN(C)C)CC3)cc1. The van der Waals surface area contributed by atoms with Crippen molar-refractivity contribution in [2.24, 2.45) is 0 Å². The van der Waals surface area contributed by atoms with Gasteiger partial charge in [0.2, 0.25) is 5.91 Å². The summed E-state index contributed by atoms with van der Waals surface area (Å²) in [6, 6.07) is 12.6. The van der Waals surface area contributed by atoms with E-state index in [1.165, 1.54) is 5.56 Å². The molecule has 1 aromatic carbocycles. The number of aryl methyl sites for hydroxylation is 1. The van der Waals surface area contributed by atoms with Crippen LogP contribution in [0.1, 0.15) is 18.2 Å². The predicted molar refractivity (Wildman–Crippen MR) is 123 cm³/mol. The van der Waals surface area contributed by atoms with Crippen molar-refractivity contribution in [3.63, 3.8) is 0 Å². The third-order valence-electron chi connectivity index (χ3n) is 5.63. The van der Waals surface area contributed by atoms with E-state index in [0.717, 1.165) is 41.0 Å². The highest BCUT2D eigenvalue weighted by Crippen LogP contribution is 2.36. The third kappa shape index (κ3) is 4.59. The summed E-state index contributed by atoms with van der Waals surface area (Å²) in [5.74, 6) is 0.0452. The molecule has 160 valence electrons. The van der Waals surface area contributed by atoms with Gasteiger partial charge in [0.25, 0.3) is 0 Å². The number of hydrogen-bond donors (Lipinski definition) is 0. The van der Waals surface area contributed by atoms with Crippen LogP contribution < -0.4 is 0 Å². The van der Waals surface area contributed by atoms with Crippen LogP contribution in [0.4, 0.5) is 0 Å². The van der Waals surface area contributed by atoms with E-state index < -0.39 is 0 Å². The number of rotatable bonds is 6. The average molecular weight is 416 g/mol. The maximum Gasteiger partial charge on any atom is 0.246 e. The molecule has 0 N–H and O–H groups in total. The largest absolute Gasteiger partial charge is 0.331 e. The lowest BCUT2D eigenvalue weighted by molar-refractivity contribution is -0.127. The van der Waals surface area contributed by atoms with Crippen molar-refractivity contribution in [2.75, 3.05) is 27.2 Å². The van der Waals surface area contributed by atoms with E-state index in [1.54, 1.807) is 18.5 Å². The lowest BCUT2D eigenvalue weighted by Gasteiger charge is -2.27. The summed E-state index contributed by atoms with van der Waals surface area (Å²) in [5.41, 5.74) is 6.58. The summed E-state index contributed by atoms with van der Waals surface area (Å²) in [6.45, 7) is 4.80. The molecule has 0 aliphatic carbocycles. The van der Waals surface area contributed by atoms with E-state index in [4.69, 9.17) is 5.10 Å². The summed E-state index contributed by atoms with van der Waals surface area (Å²) >= 11 is 0. The van der Waals surface area contributed by atoms with Gasteiger partial charge in [-0.1, -0.05) is 37.3 Å². The highest BCUT2D eigenvalue weighted by molar-refractivity contribution is 5.88. The molecule has 0 spiro atoms. The number of carbonyl (C=O) groups excluding carboxylic acids is 1. The summed E-state index contributed by atoms with van der Waals surface area (Å²) in [6.07, 6.45) is 8.22. The number of amides is 1. The monoisotopic (exact) mass is 415 g/mol. The van der Waals surface area contributed by atoms with E-state index >= 15 is 0 Å². The maximum absolute atomic E-state index is 12.8. The van der Waals surface area contributed by atoms with Gasteiger partial charge in [0.05, 0.1) is 18.8 Å². The van der Waals surface area contributed by atoms with Crippen molar-refractivity contribution in [1.29, 1.82) is 0 Å². The van der Waals surface area contributed by atoms with Crippen LogP contribution in [0.5, 0.6) is 0 Å². The molecule has 4 rings (SSSR count). The number of nitrogens with zero attached hydrogens (tertiary/aromatic N) is 5. The van der Waals surface area contributed by atoms with E-state index in [9.17, 15) is 4.79 Å². The van der Waals surface area contributed by atoms with E-state index in [2.05, 4.69) is 40.9 Å². The van der Waals surface area contributed by atoms with E-state index in [1.807, 2.05) is 42.1 Å². The van der Waals surface area contributed by atoms with Crippen molar-refractivity contribution in [3.05, 3.63) is 72.2 Å². The summed E-state index contributed by atoms with van der Waals surface area (Å²) in [4.78, 5) is 20.9. The van der Waals surface area contributed by atoms with Crippen LogP contribution in [-0.2, 0) is 24.3 Å². The maximum atomic E-state index is 12.8. The van der Waals surface area contributed by atoms with Crippen molar-refractivity contribution < 1.29 is 4.79 Å². The van der Waals surface area contributed by atoms with Crippen molar-refractivity contribution in [3.8, 4) is 22.4 Å². The Morgan fingerprint density at radius 2 is 1.81 bits per heavy atom. The highest BCUT2D eigenvalue weighted by atomic mass is 16.2. The molecule has 3 aromatic rings. The normalized spacial score (nSPS) is 13.7. The summed E-state index contributed by atoms with van der Waals surface area (Å²) < 4.78 is 2.06. The number of likely N-dealkylation sites (N-methyl/N-ethyl adjacent to an activating group) is 1. The standard InChI is InChI=1S/C25H29N5O/c1-4-19-7-9-21(10-8-19)25-24(20-11-13-26-14-12-20)22-18-29(16-17-30(22)27-25)23(31)6-5-15-28(2)3/h5-14H,4,15-18H2,1-3H3/b6-5+. The first-order valence-electron chi connectivity index (χ1n) is 10.8. The smallest absolute Gasteiger partial charge is 0.246 e. The van der Waals surface area contributed by atoms with Gasteiger partial charge in [-0.25, -0.2) is 0 Å². The van der Waals surface area contributed by atoms with Crippen molar-refractivity contribution in [1.82, 2.24) is 24.6 Å². The van der Waals surface area contributed by atoms with Crippen LogP contribution in [0.15, 0.2) is 60.9 Å². The quantitative estimate of drug-likeness (QED) is 0.577. The van der Waals surface area contributed by atoms with Crippen LogP contribution in [0.25, 0.3) is 22.4 Å². The molecule has 0 radical (unpaired) electrons. The molecule has 6 heteroatoms. The van der Waals surface area contributed by atoms with Gasteiger partial charge in [-0.2, -0.15) is 5.10 Å². The van der Waals surface area contributed by atoms with Gasteiger partial charge in [0.1, 0.15) is 5.69 Å². The molecular formula is C25H29N5O. The Balaban J connectivity index is 1.71. The fourth-order valence-electron chi connectivity index (χ4n) is 3.90. The topological polar surface area (TPSA) is 54.3 Å². The third-order valence-corrected chi connectivity index (χ3v) is 5.63. The van der Waals surface area contributed by atoms with Gasteiger partial charge in [-0.05, 0) is 43.8 Å². The Labute approximate surface area is 183 Å². The molecule has 1 aliphatic rings. The lowest BCUT2D eigenvalue weighted by Crippen LogP contribution is -2.37. The Morgan fingerprint density at radius 3 is 2.48 bits per heavy atom. The second-order valence-electron chi connectivity index (χ2n) is 8.10. The van der Waals surface area contributed by atoms with Gasteiger partial charge >= 0.3 is 0 Å². The van der Waals surface area contributed by atoms with Gasteiger partial charge in [0.15, 0.2) is 0 Å². The van der Waals surface area contributed by atoms with Crippen LogP contribution in [0.2, 0.25) is 0 Å². The Hall–Kier alpha value is -3.25. The first kappa shape index (κ1) is 21.0. The summed E-state index contributed by atoms with van der Waals surface area (Å²) in [5, 5.41) is 4.97. The average Bonchev–Trinajstić information content (AvgIpc) is 3.18. The van der Waals surface area contributed by atoms with Crippen LogP contribution in [0.3, 0.4) is 0 Å². The van der Waals surface area contributed by atoms with Crippen LogP contribution >= 0.6 is 0 Å². The molecule has 0 unspecified atom stereocenters. The summed E-state index contributed by atoms with van der Waals surface area (Å²) in [7, 11) is 3.98. The van der Waals surface area contributed by atoms with Gasteiger partial charge < -0.3 is 9.80 Å². The fraction of sp³-hybridized carbons (Fsp3) is 0.320. The van der Waals surface area contributed by atoms with Gasteiger partial charge in [0, 0.05) is 42.7 Å². The number of hydrogen-bond acceptors (Lipinski definition) is 4. The van der Waals surface area contributed by atoms with E-state index in [0.29, 0.717) is 19.6 Å². The Morgan fingerprint density at radius 1 is 1.06 bits per heavy atom. The molecular weight excluding hydrogens is 386 g/mol. The molecule has 2 aromatic heterocycles. The number of fused-ring (bicyclic) bond motifs is 1.